The number of nitrogens with two attached hydrogens (primary N) is 1. The third kappa shape index (κ3) is 3.70. The molecule has 0 aliphatic heterocycles. The van der Waals surface area contributed by atoms with Gasteiger partial charge in [0.2, 0.25) is 0 Å². The normalized spacial score (nSPS) is 23.7. The summed E-state index contributed by atoms with van der Waals surface area (Å²) in [5.41, 5.74) is 5.53. The molecule has 0 radical (unpaired) electrons. The Bertz CT molecular complexity index is 212. The van der Waals surface area contributed by atoms with Crippen LogP contribution in [0.15, 0.2) is 5.16 Å². The molecule has 1 saturated carbocycles. The first-order valence-corrected chi connectivity index (χ1v) is 5.88. The van der Waals surface area contributed by atoms with E-state index in [1.54, 1.807) is 0 Å². The topological polar surface area (TPSA) is 70.6 Å². The van der Waals surface area contributed by atoms with Gasteiger partial charge < -0.3 is 16.3 Å². The average molecular weight is 213 g/mol. The average Bonchev–Trinajstić information content (AvgIpc) is 2.29. The third-order valence-corrected chi connectivity index (χ3v) is 3.43. The van der Waals surface area contributed by atoms with Crippen LogP contribution < -0.4 is 11.1 Å². The van der Waals surface area contributed by atoms with Crippen molar-refractivity contribution < 1.29 is 5.21 Å². The maximum Gasteiger partial charge on any atom is 0.156 e. The Hall–Kier alpha value is -0.770. The molecule has 4 heteroatoms. The minimum absolute atomic E-state index is 0.0491. The Labute approximate surface area is 91.9 Å². The maximum atomic E-state index is 8.55. The van der Waals surface area contributed by atoms with Crippen LogP contribution >= 0.6 is 0 Å². The molecular formula is C11H23N3O. The molecule has 15 heavy (non-hydrogen) atoms. The van der Waals surface area contributed by atoms with Gasteiger partial charge in [-0.1, -0.05) is 24.4 Å². The first-order chi connectivity index (χ1) is 7.15. The molecule has 1 rings (SSSR count). The van der Waals surface area contributed by atoms with E-state index in [9.17, 15) is 0 Å². The van der Waals surface area contributed by atoms with Gasteiger partial charge in [-0.25, -0.2) is 0 Å². The van der Waals surface area contributed by atoms with Gasteiger partial charge in [-0.15, -0.1) is 0 Å². The van der Waals surface area contributed by atoms with Crippen molar-refractivity contribution in [3.63, 3.8) is 0 Å². The molecule has 4 nitrogen and oxygen atoms in total. The molecule has 1 aliphatic carbocycles. The van der Waals surface area contributed by atoms with E-state index in [1.165, 1.54) is 32.1 Å². The van der Waals surface area contributed by atoms with Gasteiger partial charge in [-0.2, -0.15) is 0 Å². The van der Waals surface area contributed by atoms with Gasteiger partial charge in [0.1, 0.15) is 0 Å². The van der Waals surface area contributed by atoms with Crippen molar-refractivity contribution >= 4 is 5.84 Å². The summed E-state index contributed by atoms with van der Waals surface area (Å²) in [6.07, 6.45) is 6.66. The molecule has 0 aromatic rings. The number of hydrogen-bond acceptors (Lipinski definition) is 3. The SMILES string of the molecule is CC(NC(C)C1CCCCC1)C(N)=NO. The molecule has 0 aromatic heterocycles. The predicted octanol–water partition coefficient (Wildman–Crippen LogP) is 1.68. The number of nitrogens with one attached hydrogen (secondary N) is 1. The van der Waals surface area contributed by atoms with E-state index < -0.39 is 0 Å². The molecule has 0 amide bonds. The maximum absolute atomic E-state index is 8.55. The first-order valence-electron chi connectivity index (χ1n) is 5.88. The second kappa shape index (κ2) is 5.95. The van der Waals surface area contributed by atoms with Gasteiger partial charge in [0.25, 0.3) is 0 Å². The van der Waals surface area contributed by atoms with Gasteiger partial charge in [-0.3, -0.25) is 0 Å². The van der Waals surface area contributed by atoms with Crippen molar-refractivity contribution in [2.75, 3.05) is 0 Å². The van der Waals surface area contributed by atoms with Crippen LogP contribution in [0.5, 0.6) is 0 Å². The van der Waals surface area contributed by atoms with Crippen molar-refractivity contribution in [2.45, 2.75) is 58.0 Å². The molecule has 0 heterocycles. The third-order valence-electron chi connectivity index (χ3n) is 3.43. The standard InChI is InChI=1S/C11H23N3O/c1-8(10-6-4-3-5-7-10)13-9(2)11(12)14-15/h8-10,13,15H,3-7H2,1-2H3,(H2,12,14). The van der Waals surface area contributed by atoms with Crippen LogP contribution in [0.1, 0.15) is 46.0 Å². The van der Waals surface area contributed by atoms with E-state index in [0.29, 0.717) is 6.04 Å². The number of amidine groups is 1. The summed E-state index contributed by atoms with van der Waals surface area (Å²) < 4.78 is 0. The molecule has 0 bridgehead atoms. The lowest BCUT2D eigenvalue weighted by atomic mass is 9.84. The Morgan fingerprint density at radius 3 is 2.47 bits per heavy atom. The van der Waals surface area contributed by atoms with Crippen LogP contribution in [0.3, 0.4) is 0 Å². The smallest absolute Gasteiger partial charge is 0.156 e. The lowest BCUT2D eigenvalue weighted by Gasteiger charge is -2.30. The number of hydrogen-bond donors (Lipinski definition) is 3. The second-order valence-electron chi connectivity index (χ2n) is 4.60. The van der Waals surface area contributed by atoms with Crippen molar-refractivity contribution in [3.8, 4) is 0 Å². The zero-order valence-corrected chi connectivity index (χ0v) is 9.74. The summed E-state index contributed by atoms with van der Waals surface area (Å²) >= 11 is 0. The lowest BCUT2D eigenvalue weighted by Crippen LogP contribution is -2.46. The zero-order chi connectivity index (χ0) is 11.3. The van der Waals surface area contributed by atoms with Gasteiger partial charge in [0.05, 0.1) is 6.04 Å². The molecular weight excluding hydrogens is 190 g/mol. The second-order valence-corrected chi connectivity index (χ2v) is 4.60. The molecule has 1 aliphatic rings. The van der Waals surface area contributed by atoms with Crippen LogP contribution in [-0.4, -0.2) is 23.1 Å². The Morgan fingerprint density at radius 1 is 1.33 bits per heavy atom. The van der Waals surface area contributed by atoms with E-state index in [0.717, 1.165) is 5.92 Å². The molecule has 0 aromatic carbocycles. The van der Waals surface area contributed by atoms with E-state index in [2.05, 4.69) is 17.4 Å². The largest absolute Gasteiger partial charge is 0.409 e. The quantitative estimate of drug-likeness (QED) is 0.288. The van der Waals surface area contributed by atoms with E-state index >= 15 is 0 Å². The number of rotatable bonds is 4. The first kappa shape index (κ1) is 12.3. The van der Waals surface area contributed by atoms with Gasteiger partial charge in [0.15, 0.2) is 5.84 Å². The molecule has 4 N–H and O–H groups in total. The van der Waals surface area contributed by atoms with Crippen LogP contribution in [0.25, 0.3) is 0 Å². The monoisotopic (exact) mass is 213 g/mol. The number of nitrogens with zero attached hydrogens (tertiary/aromatic N) is 1. The van der Waals surface area contributed by atoms with Crippen molar-refractivity contribution in [2.24, 2.45) is 16.8 Å². The highest BCUT2D eigenvalue weighted by Gasteiger charge is 2.21. The fourth-order valence-corrected chi connectivity index (χ4v) is 2.34. The lowest BCUT2D eigenvalue weighted by molar-refractivity contribution is 0.274. The van der Waals surface area contributed by atoms with Crippen LogP contribution in [0.4, 0.5) is 0 Å². The van der Waals surface area contributed by atoms with Crippen LogP contribution in [-0.2, 0) is 0 Å². The molecule has 88 valence electrons. The van der Waals surface area contributed by atoms with Gasteiger partial charge in [0, 0.05) is 6.04 Å². The highest BCUT2D eigenvalue weighted by Crippen LogP contribution is 2.26. The molecule has 2 unspecified atom stereocenters. The summed E-state index contributed by atoms with van der Waals surface area (Å²) in [6, 6.07) is 0.396. The summed E-state index contributed by atoms with van der Waals surface area (Å²) in [4.78, 5) is 0. The van der Waals surface area contributed by atoms with Crippen molar-refractivity contribution in [3.05, 3.63) is 0 Å². The Kier molecular flexibility index (Phi) is 4.88. The minimum atomic E-state index is -0.0491. The highest BCUT2D eigenvalue weighted by molar-refractivity contribution is 5.84. The highest BCUT2D eigenvalue weighted by atomic mass is 16.4. The fourth-order valence-electron chi connectivity index (χ4n) is 2.34. The minimum Gasteiger partial charge on any atom is -0.409 e. The summed E-state index contributed by atoms with van der Waals surface area (Å²) in [7, 11) is 0. The van der Waals surface area contributed by atoms with Crippen molar-refractivity contribution in [1.29, 1.82) is 0 Å². The summed E-state index contributed by atoms with van der Waals surface area (Å²) in [6.45, 7) is 4.12. The predicted molar refractivity (Wildman–Crippen MR) is 62.0 cm³/mol. The molecule has 2 atom stereocenters. The van der Waals surface area contributed by atoms with Crippen LogP contribution in [0.2, 0.25) is 0 Å². The summed E-state index contributed by atoms with van der Waals surface area (Å²) in [5, 5.41) is 15.0. The van der Waals surface area contributed by atoms with Crippen LogP contribution in [0, 0.1) is 5.92 Å². The Morgan fingerprint density at radius 2 is 1.93 bits per heavy atom. The fraction of sp³-hybridized carbons (Fsp3) is 0.909. The van der Waals surface area contributed by atoms with E-state index in [-0.39, 0.29) is 11.9 Å². The van der Waals surface area contributed by atoms with Crippen molar-refractivity contribution in [1.82, 2.24) is 5.32 Å². The molecule has 0 spiro atoms. The summed E-state index contributed by atoms with van der Waals surface area (Å²) in [5.74, 6) is 1.00. The molecule has 1 fully saturated rings. The Balaban J connectivity index is 2.36. The van der Waals surface area contributed by atoms with E-state index in [1.807, 2.05) is 6.92 Å². The van der Waals surface area contributed by atoms with E-state index in [4.69, 9.17) is 10.9 Å². The van der Waals surface area contributed by atoms with Gasteiger partial charge in [-0.05, 0) is 32.6 Å². The molecule has 0 saturated heterocycles. The van der Waals surface area contributed by atoms with Gasteiger partial charge >= 0.3 is 0 Å². The number of oxime groups is 1. The zero-order valence-electron chi connectivity index (χ0n) is 9.74.